The maximum Gasteiger partial charge on any atom is 0.322 e. The molecule has 27 heavy (non-hydrogen) atoms. The molecule has 1 N–H and O–H groups in total. The molecule has 2 aliphatic heterocycles. The Labute approximate surface area is 160 Å². The molecule has 7 nitrogen and oxygen atoms in total. The highest BCUT2D eigenvalue weighted by Crippen LogP contribution is 2.21. The number of rotatable bonds is 3. The second kappa shape index (κ2) is 8.27. The molecular weight excluding hydrogens is 346 g/mol. The Hall–Kier alpha value is -2.12. The Kier molecular flexibility index (Phi) is 6.01. The molecule has 0 radical (unpaired) electrons. The largest absolute Gasteiger partial charge is 0.378 e. The lowest BCUT2D eigenvalue weighted by Gasteiger charge is -2.41. The summed E-state index contributed by atoms with van der Waals surface area (Å²) in [6.07, 6.45) is 0.372. The van der Waals surface area contributed by atoms with Gasteiger partial charge in [0.1, 0.15) is 0 Å². The molecule has 0 spiro atoms. The summed E-state index contributed by atoms with van der Waals surface area (Å²) in [7, 11) is 0. The van der Waals surface area contributed by atoms with Gasteiger partial charge in [0.2, 0.25) is 5.91 Å². The first-order chi connectivity index (χ1) is 12.8. The molecule has 1 aromatic rings. The first kappa shape index (κ1) is 19.6. The van der Waals surface area contributed by atoms with E-state index < -0.39 is 0 Å². The van der Waals surface area contributed by atoms with Crippen LogP contribution in [0.4, 0.5) is 10.5 Å². The number of amides is 3. The van der Waals surface area contributed by atoms with E-state index in [-0.39, 0.29) is 23.6 Å². The number of carbonyl (C=O) groups is 2. The second-order valence-corrected chi connectivity index (χ2v) is 7.87. The molecule has 7 heteroatoms. The highest BCUT2D eigenvalue weighted by molar-refractivity contribution is 5.89. The summed E-state index contributed by atoms with van der Waals surface area (Å²) in [4.78, 5) is 28.5. The Balaban J connectivity index is 1.54. The number of urea groups is 1. The summed E-state index contributed by atoms with van der Waals surface area (Å²) in [5, 5.41) is 2.93. The molecule has 1 unspecified atom stereocenters. The highest BCUT2D eigenvalue weighted by atomic mass is 16.5. The van der Waals surface area contributed by atoms with Crippen LogP contribution in [0.25, 0.3) is 0 Å². The van der Waals surface area contributed by atoms with Crippen molar-refractivity contribution in [3.05, 3.63) is 29.8 Å². The standard InChI is InChI=1S/C20H29N3O4/c1-15-13-23(14-20(2,3)27-15)19(25)21-17-6-4-16(5-7-17)12-18(24)22-8-10-26-11-9-22/h4-7,15H,8-14H2,1-3H3,(H,21,25). The molecule has 1 atom stereocenters. The maximum absolute atomic E-state index is 12.6. The average molecular weight is 375 g/mol. The van der Waals surface area contributed by atoms with Gasteiger partial charge in [-0.15, -0.1) is 0 Å². The molecule has 0 bridgehead atoms. The van der Waals surface area contributed by atoms with Crippen molar-refractivity contribution in [3.63, 3.8) is 0 Å². The van der Waals surface area contributed by atoms with Gasteiger partial charge in [0.25, 0.3) is 0 Å². The highest BCUT2D eigenvalue weighted by Gasteiger charge is 2.33. The fourth-order valence-electron chi connectivity index (χ4n) is 3.62. The lowest BCUT2D eigenvalue weighted by molar-refractivity contribution is -0.134. The number of ether oxygens (including phenoxy) is 2. The van der Waals surface area contributed by atoms with E-state index in [0.717, 1.165) is 11.3 Å². The van der Waals surface area contributed by atoms with Crippen molar-refractivity contribution in [1.29, 1.82) is 0 Å². The minimum absolute atomic E-state index is 0.00748. The van der Waals surface area contributed by atoms with E-state index >= 15 is 0 Å². The molecular formula is C20H29N3O4. The zero-order valence-electron chi connectivity index (χ0n) is 16.4. The quantitative estimate of drug-likeness (QED) is 0.878. The number of carbonyl (C=O) groups excluding carboxylic acids is 2. The Bertz CT molecular complexity index is 668. The molecule has 2 saturated heterocycles. The third kappa shape index (κ3) is 5.43. The third-order valence-electron chi connectivity index (χ3n) is 4.78. The second-order valence-electron chi connectivity index (χ2n) is 7.87. The molecule has 1 aromatic carbocycles. The monoisotopic (exact) mass is 375 g/mol. The SMILES string of the molecule is CC1CN(C(=O)Nc2ccc(CC(=O)N3CCOCC3)cc2)CC(C)(C)O1. The average Bonchev–Trinajstić information content (AvgIpc) is 2.62. The summed E-state index contributed by atoms with van der Waals surface area (Å²) in [6, 6.07) is 7.33. The van der Waals surface area contributed by atoms with E-state index in [9.17, 15) is 9.59 Å². The summed E-state index contributed by atoms with van der Waals surface area (Å²) in [6.45, 7) is 9.59. The number of hydrogen-bond donors (Lipinski definition) is 1. The van der Waals surface area contributed by atoms with Crippen LogP contribution in [0.1, 0.15) is 26.3 Å². The van der Waals surface area contributed by atoms with Crippen molar-refractivity contribution in [3.8, 4) is 0 Å². The summed E-state index contributed by atoms with van der Waals surface area (Å²) < 4.78 is 11.1. The van der Waals surface area contributed by atoms with Crippen molar-refractivity contribution in [2.75, 3.05) is 44.7 Å². The van der Waals surface area contributed by atoms with Gasteiger partial charge < -0.3 is 24.6 Å². The number of anilines is 1. The van der Waals surface area contributed by atoms with E-state index in [4.69, 9.17) is 9.47 Å². The van der Waals surface area contributed by atoms with Gasteiger partial charge in [-0.05, 0) is 38.5 Å². The minimum atomic E-state index is -0.348. The number of morpholine rings is 2. The van der Waals surface area contributed by atoms with Crippen LogP contribution in [0.2, 0.25) is 0 Å². The fraction of sp³-hybridized carbons (Fsp3) is 0.600. The normalized spacial score (nSPS) is 22.4. The van der Waals surface area contributed by atoms with Crippen molar-refractivity contribution >= 4 is 17.6 Å². The van der Waals surface area contributed by atoms with Crippen LogP contribution in [0.5, 0.6) is 0 Å². The lowest BCUT2D eigenvalue weighted by atomic mass is 10.1. The molecule has 3 amide bonds. The summed E-state index contributed by atoms with van der Waals surface area (Å²) in [5.41, 5.74) is 1.31. The van der Waals surface area contributed by atoms with Crippen LogP contribution < -0.4 is 5.32 Å². The number of nitrogens with zero attached hydrogens (tertiary/aromatic N) is 2. The molecule has 0 saturated carbocycles. The van der Waals surface area contributed by atoms with Crippen LogP contribution in [0, 0.1) is 0 Å². The van der Waals surface area contributed by atoms with E-state index in [2.05, 4.69) is 5.32 Å². The topological polar surface area (TPSA) is 71.1 Å². The fourth-order valence-corrected chi connectivity index (χ4v) is 3.62. The smallest absolute Gasteiger partial charge is 0.322 e. The maximum atomic E-state index is 12.6. The van der Waals surface area contributed by atoms with Gasteiger partial charge >= 0.3 is 6.03 Å². The predicted molar refractivity (Wildman–Crippen MR) is 103 cm³/mol. The van der Waals surface area contributed by atoms with Crippen molar-refractivity contribution < 1.29 is 19.1 Å². The van der Waals surface area contributed by atoms with Gasteiger partial charge in [-0.1, -0.05) is 12.1 Å². The third-order valence-corrected chi connectivity index (χ3v) is 4.78. The molecule has 0 aliphatic carbocycles. The van der Waals surface area contributed by atoms with Crippen LogP contribution in [-0.2, 0) is 20.7 Å². The molecule has 3 rings (SSSR count). The van der Waals surface area contributed by atoms with Gasteiger partial charge in [-0.3, -0.25) is 4.79 Å². The van der Waals surface area contributed by atoms with E-state index in [1.807, 2.05) is 49.9 Å². The van der Waals surface area contributed by atoms with E-state index in [1.165, 1.54) is 0 Å². The molecule has 0 aromatic heterocycles. The van der Waals surface area contributed by atoms with E-state index in [0.29, 0.717) is 45.8 Å². The molecule has 148 valence electrons. The first-order valence-corrected chi connectivity index (χ1v) is 9.51. The van der Waals surface area contributed by atoms with Gasteiger partial charge in [-0.25, -0.2) is 4.79 Å². The Morgan fingerprint density at radius 2 is 1.81 bits per heavy atom. The van der Waals surface area contributed by atoms with Crippen molar-refractivity contribution in [2.45, 2.75) is 38.9 Å². The number of hydrogen-bond acceptors (Lipinski definition) is 4. The lowest BCUT2D eigenvalue weighted by Crippen LogP contribution is -2.54. The molecule has 2 fully saturated rings. The zero-order chi connectivity index (χ0) is 19.4. The number of nitrogens with one attached hydrogen (secondary N) is 1. The minimum Gasteiger partial charge on any atom is -0.378 e. The molecule has 2 aliphatic rings. The van der Waals surface area contributed by atoms with Gasteiger partial charge in [0.05, 0.1) is 37.9 Å². The van der Waals surface area contributed by atoms with E-state index in [1.54, 1.807) is 4.90 Å². The summed E-state index contributed by atoms with van der Waals surface area (Å²) in [5.74, 6) is 0.111. The van der Waals surface area contributed by atoms with Crippen LogP contribution in [0.15, 0.2) is 24.3 Å². The first-order valence-electron chi connectivity index (χ1n) is 9.51. The zero-order valence-corrected chi connectivity index (χ0v) is 16.4. The molecule has 2 heterocycles. The van der Waals surface area contributed by atoms with Crippen molar-refractivity contribution in [1.82, 2.24) is 9.80 Å². The van der Waals surface area contributed by atoms with Crippen molar-refractivity contribution in [2.24, 2.45) is 0 Å². The van der Waals surface area contributed by atoms with Crippen LogP contribution >= 0.6 is 0 Å². The van der Waals surface area contributed by atoms with Gasteiger partial charge in [-0.2, -0.15) is 0 Å². The van der Waals surface area contributed by atoms with Crippen LogP contribution in [-0.4, -0.2) is 72.8 Å². The van der Waals surface area contributed by atoms with Gasteiger partial charge in [0, 0.05) is 25.3 Å². The Morgan fingerprint density at radius 1 is 1.15 bits per heavy atom. The predicted octanol–water partition coefficient (Wildman–Crippen LogP) is 2.12. The van der Waals surface area contributed by atoms with Crippen LogP contribution in [0.3, 0.4) is 0 Å². The summed E-state index contributed by atoms with van der Waals surface area (Å²) >= 11 is 0. The Morgan fingerprint density at radius 3 is 2.44 bits per heavy atom. The van der Waals surface area contributed by atoms with Gasteiger partial charge in [0.15, 0.2) is 0 Å². The number of benzene rings is 1.